The van der Waals surface area contributed by atoms with Crippen LogP contribution in [0.3, 0.4) is 0 Å². The molecule has 0 aliphatic rings. The fraction of sp³-hybridized carbons (Fsp3) is 0. The second-order valence-corrected chi connectivity index (χ2v) is 3.40. The Morgan fingerprint density at radius 2 is 0.316 bits per heavy atom. The molecule has 0 heterocycles. The summed E-state index contributed by atoms with van der Waals surface area (Å²) in [6.07, 6.45) is 0. The third-order valence-electron chi connectivity index (χ3n) is 0. The van der Waals surface area contributed by atoms with Crippen molar-refractivity contribution in [2.75, 3.05) is 0 Å². The Bertz CT molecular complexity index is 92.4. The van der Waals surface area contributed by atoms with Crippen LogP contribution in [0, 0.1) is 30.7 Å². The Labute approximate surface area is 123 Å². The molecule has 0 aromatic rings. The quantitative estimate of drug-likeness (QED) is 0.274. The monoisotopic (exact) mass is 544 g/mol. The number of hydrogen-bond acceptors (Lipinski definition) is 12. The predicted molar refractivity (Wildman–Crippen MR) is 10.8 cm³/mol. The molecule has 0 aliphatic heterocycles. The van der Waals surface area contributed by atoms with Crippen LogP contribution in [-0.2, 0) is 20.1 Å². The molecule has 0 radical (unpaired) electrons. The van der Waals surface area contributed by atoms with Gasteiger partial charge in [0, 0.05) is 0 Å². The topological polar surface area (TPSA) is 371 Å². The smallest absolute Gasteiger partial charge is 0.412 e. The summed E-state index contributed by atoms with van der Waals surface area (Å²) in [4.78, 5) is 0. The van der Waals surface area contributed by atoms with Gasteiger partial charge in [0.15, 0.2) is 0 Å². The molecule has 0 aromatic heterocycles. The fourth-order valence-electron chi connectivity index (χ4n) is 0. The van der Waals surface area contributed by atoms with Crippen LogP contribution in [0.5, 0.6) is 0 Å². The van der Waals surface area contributed by atoms with Crippen LogP contribution in [-0.4, -0.2) is 16.4 Å². The number of halogens is 3. The van der Waals surface area contributed by atoms with E-state index in [1.165, 1.54) is 0 Å². The van der Waals surface area contributed by atoms with Gasteiger partial charge in [-0.2, -0.15) is 0 Å². The maximum atomic E-state index is 8.49. The van der Waals surface area contributed by atoms with E-state index in [1.807, 2.05) is 0 Å². The minimum atomic E-state index is -4.94. The van der Waals surface area contributed by atoms with Gasteiger partial charge in [0.2, 0.25) is 0 Å². The van der Waals surface area contributed by atoms with Gasteiger partial charge in [0.25, 0.3) is 0 Å². The Balaban J connectivity index is -0.0000000206. The predicted octanol–water partition coefficient (Wildman–Crippen LogP) is -16.7. The molecule has 126 valence electrons. The van der Waals surface area contributed by atoms with Crippen molar-refractivity contribution in [3.8, 4) is 0 Å². The van der Waals surface area contributed by atoms with Gasteiger partial charge in [0.1, 0.15) is 0 Å². The van der Waals surface area contributed by atoms with Gasteiger partial charge < -0.3 is 16.4 Å². The van der Waals surface area contributed by atoms with Gasteiger partial charge >= 0.3 is 20.1 Å². The molecule has 0 amide bonds. The van der Waals surface area contributed by atoms with Crippen LogP contribution >= 0.6 is 0 Å². The van der Waals surface area contributed by atoms with Gasteiger partial charge in [-0.25, -0.2) is 55.9 Å². The van der Waals surface area contributed by atoms with Gasteiger partial charge in [-0.15, -0.1) is 30.7 Å². The molecule has 0 atom stereocenters. The van der Waals surface area contributed by atoms with Crippen molar-refractivity contribution in [1.82, 2.24) is 0 Å². The summed E-state index contributed by atoms with van der Waals surface area (Å²) in [5.41, 5.74) is 0. The minimum Gasteiger partial charge on any atom is -0.412 e. The molecule has 0 saturated heterocycles. The molecule has 0 spiro atoms. The van der Waals surface area contributed by atoms with E-state index in [4.69, 9.17) is 55.9 Å². The van der Waals surface area contributed by atoms with Gasteiger partial charge in [0.05, 0.1) is 0 Å². The molecule has 0 aliphatic carbocycles. The molecule has 0 bridgehead atoms. The van der Waals surface area contributed by atoms with Crippen LogP contribution < -0.4 is 55.9 Å². The van der Waals surface area contributed by atoms with Crippen LogP contribution in [0.1, 0.15) is 0 Å². The van der Waals surface area contributed by atoms with Crippen molar-refractivity contribution >= 4 is 0 Å². The minimum absolute atomic E-state index is 0. The normalized spacial score (nSPS) is 9.47. The van der Waals surface area contributed by atoms with Gasteiger partial charge in [-0.3, -0.25) is 0 Å². The standard InChI is InChI=1S/3ClHO4.Ir.3H2O/c3*2-1(3,4)5;;;;/h3*(H,2,3,4,5);;3*1H2/q;;;+3;;;/p-3. The summed E-state index contributed by atoms with van der Waals surface area (Å²) >= 11 is 0. The molecule has 0 rings (SSSR count). The molecular weight excluding hydrogens is 539 g/mol. The number of rotatable bonds is 0. The molecule has 0 saturated carbocycles. The van der Waals surface area contributed by atoms with Crippen molar-refractivity contribution in [2.24, 2.45) is 0 Å². The van der Waals surface area contributed by atoms with E-state index in [9.17, 15) is 0 Å². The molecule has 0 fully saturated rings. The average Bonchev–Trinajstić information content (AvgIpc) is 1.41. The van der Waals surface area contributed by atoms with E-state index in [0.29, 0.717) is 0 Å². The first kappa shape index (κ1) is 42.7. The molecule has 15 nitrogen and oxygen atoms in total. The largest absolute Gasteiger partial charge is 3.00 e. The van der Waals surface area contributed by atoms with E-state index >= 15 is 0 Å². The molecule has 6 N–H and O–H groups in total. The van der Waals surface area contributed by atoms with Crippen LogP contribution in [0.25, 0.3) is 0 Å². The maximum absolute atomic E-state index is 8.49. The van der Waals surface area contributed by atoms with E-state index in [2.05, 4.69) is 0 Å². The molecular formula is H6Cl3IrO15. The molecule has 19 heteroatoms. The summed E-state index contributed by atoms with van der Waals surface area (Å²) < 4.78 is 102. The third kappa shape index (κ3) is 6410. The first-order valence-electron chi connectivity index (χ1n) is 1.85. The second-order valence-electron chi connectivity index (χ2n) is 1.13. The summed E-state index contributed by atoms with van der Waals surface area (Å²) in [6.45, 7) is 0. The van der Waals surface area contributed by atoms with Gasteiger partial charge in [-0.1, -0.05) is 0 Å². The first-order valence-corrected chi connectivity index (χ1v) is 5.55. The Morgan fingerprint density at radius 3 is 0.316 bits per heavy atom. The summed E-state index contributed by atoms with van der Waals surface area (Å²) in [6, 6.07) is 0. The van der Waals surface area contributed by atoms with E-state index in [-0.39, 0.29) is 36.5 Å². The first-order chi connectivity index (χ1) is 6.00. The van der Waals surface area contributed by atoms with Crippen molar-refractivity contribution in [2.45, 2.75) is 0 Å². The van der Waals surface area contributed by atoms with Crippen molar-refractivity contribution in [3.05, 3.63) is 0 Å². The van der Waals surface area contributed by atoms with Crippen molar-refractivity contribution < 1.29 is 123 Å². The third-order valence-corrected chi connectivity index (χ3v) is 0. The fourth-order valence-corrected chi connectivity index (χ4v) is 0. The van der Waals surface area contributed by atoms with Crippen LogP contribution in [0.4, 0.5) is 0 Å². The van der Waals surface area contributed by atoms with Gasteiger partial charge in [-0.05, 0) is 0 Å². The molecule has 0 unspecified atom stereocenters. The molecule has 19 heavy (non-hydrogen) atoms. The zero-order valence-electron chi connectivity index (χ0n) is 7.87. The maximum Gasteiger partial charge on any atom is 3.00 e. The Morgan fingerprint density at radius 1 is 0.316 bits per heavy atom. The zero-order valence-corrected chi connectivity index (χ0v) is 12.5. The SMILES string of the molecule is O.O.O.[Ir+3].[O-][Cl+3]([O-])([O-])[O-].[O-][Cl+3]([O-])([O-])[O-].[O-][Cl+3]([O-])([O-])[O-]. The Hall–Kier alpha value is 0.919. The number of hydrogen-bond donors (Lipinski definition) is 0. The van der Waals surface area contributed by atoms with Crippen LogP contribution in [0.15, 0.2) is 0 Å². The van der Waals surface area contributed by atoms with E-state index < -0.39 is 30.7 Å². The summed E-state index contributed by atoms with van der Waals surface area (Å²) in [7, 11) is -14.8. The summed E-state index contributed by atoms with van der Waals surface area (Å²) in [5.74, 6) is 0. The summed E-state index contributed by atoms with van der Waals surface area (Å²) in [5, 5.41) is 0. The average molecular weight is 545 g/mol. The van der Waals surface area contributed by atoms with Crippen molar-refractivity contribution in [1.29, 1.82) is 0 Å². The molecule has 0 aromatic carbocycles. The zero-order chi connectivity index (χ0) is 13.5. The van der Waals surface area contributed by atoms with E-state index in [1.54, 1.807) is 0 Å². The van der Waals surface area contributed by atoms with E-state index in [0.717, 1.165) is 0 Å². The van der Waals surface area contributed by atoms with Crippen molar-refractivity contribution in [3.63, 3.8) is 0 Å². The second kappa shape index (κ2) is 17.0. The Kier molecular flexibility index (Phi) is 38.2. The van der Waals surface area contributed by atoms with Crippen LogP contribution in [0.2, 0.25) is 0 Å².